The van der Waals surface area contributed by atoms with Crippen molar-refractivity contribution in [3.05, 3.63) is 11.5 Å². The highest BCUT2D eigenvalue weighted by molar-refractivity contribution is 6.20. The molecule has 9 nitrogen and oxygen atoms in total. The van der Waals surface area contributed by atoms with Crippen molar-refractivity contribution < 1.29 is 29.4 Å². The highest BCUT2D eigenvalue weighted by atomic mass is 16.4. The second kappa shape index (κ2) is 11.4. The average Bonchev–Trinajstić information content (AvgIpc) is 2.97. The van der Waals surface area contributed by atoms with Gasteiger partial charge in [0.1, 0.15) is 6.54 Å². The standard InChI is InChI=1S/C20H31N3O6/c24-13-22-19(28)17(18(27)21-12-16(25)26)20(29)23(15-10-6-3-7-11-15)14-8-4-1-2-5-9-14/h13-15,29H,1-12H2,(H,21,27)(H,25,26)(H,22,24,28)/b20-17+. The second-order valence-electron chi connectivity index (χ2n) is 7.71. The molecule has 0 aliphatic heterocycles. The van der Waals surface area contributed by atoms with E-state index in [2.05, 4.69) is 5.32 Å². The molecule has 3 amide bonds. The lowest BCUT2D eigenvalue weighted by molar-refractivity contribution is -0.138. The van der Waals surface area contributed by atoms with Crippen LogP contribution in [0.25, 0.3) is 0 Å². The smallest absolute Gasteiger partial charge is 0.322 e. The van der Waals surface area contributed by atoms with Crippen molar-refractivity contribution in [2.24, 2.45) is 0 Å². The SMILES string of the molecule is O=CNC(=O)/C(C(=O)NCC(=O)O)=C(/O)N(C1CCCCCC1)C1CCCCC1. The van der Waals surface area contributed by atoms with E-state index in [4.69, 9.17) is 5.11 Å². The number of hydrogen-bond acceptors (Lipinski definition) is 6. The molecule has 0 aromatic heterocycles. The number of imide groups is 1. The van der Waals surface area contributed by atoms with Crippen LogP contribution in [0.2, 0.25) is 0 Å². The number of carboxylic acids is 1. The third kappa shape index (κ3) is 6.47. The number of nitrogens with one attached hydrogen (secondary N) is 2. The van der Waals surface area contributed by atoms with Gasteiger partial charge in [-0.2, -0.15) is 0 Å². The highest BCUT2D eigenvalue weighted by Crippen LogP contribution is 2.32. The van der Waals surface area contributed by atoms with Crippen molar-refractivity contribution >= 4 is 24.2 Å². The number of hydrogen-bond donors (Lipinski definition) is 4. The van der Waals surface area contributed by atoms with E-state index in [0.29, 0.717) is 0 Å². The lowest BCUT2D eigenvalue weighted by Crippen LogP contribution is -2.47. The Morgan fingerprint density at radius 3 is 1.76 bits per heavy atom. The Balaban J connectivity index is 2.42. The predicted octanol–water partition coefficient (Wildman–Crippen LogP) is 1.59. The van der Waals surface area contributed by atoms with Crippen LogP contribution in [0.3, 0.4) is 0 Å². The number of nitrogens with zero attached hydrogens (tertiary/aromatic N) is 1. The van der Waals surface area contributed by atoms with E-state index in [1.807, 2.05) is 5.32 Å². The summed E-state index contributed by atoms with van der Waals surface area (Å²) in [5, 5.41) is 23.9. The Labute approximate surface area is 170 Å². The summed E-state index contributed by atoms with van der Waals surface area (Å²) in [4.78, 5) is 48.3. The largest absolute Gasteiger partial charge is 0.494 e. The zero-order chi connectivity index (χ0) is 21.2. The molecule has 2 fully saturated rings. The summed E-state index contributed by atoms with van der Waals surface area (Å²) in [6, 6.07) is -0.00920. The maximum Gasteiger partial charge on any atom is 0.322 e. The fourth-order valence-corrected chi connectivity index (χ4v) is 4.34. The molecular formula is C20H31N3O6. The van der Waals surface area contributed by atoms with Crippen molar-refractivity contribution in [3.8, 4) is 0 Å². The van der Waals surface area contributed by atoms with Gasteiger partial charge in [0.2, 0.25) is 12.3 Å². The van der Waals surface area contributed by atoms with Gasteiger partial charge in [-0.05, 0) is 25.7 Å². The normalized spacial score (nSPS) is 19.4. The number of aliphatic hydroxyl groups excluding tert-OH is 1. The molecule has 4 N–H and O–H groups in total. The first-order valence-corrected chi connectivity index (χ1v) is 10.4. The molecule has 2 aliphatic carbocycles. The molecular weight excluding hydrogens is 378 g/mol. The highest BCUT2D eigenvalue weighted by Gasteiger charge is 2.35. The quantitative estimate of drug-likeness (QED) is 0.119. The molecule has 2 saturated carbocycles. The van der Waals surface area contributed by atoms with Crippen LogP contribution in [0.4, 0.5) is 0 Å². The van der Waals surface area contributed by atoms with Gasteiger partial charge in [0, 0.05) is 12.1 Å². The zero-order valence-electron chi connectivity index (χ0n) is 16.7. The van der Waals surface area contributed by atoms with E-state index in [0.717, 1.165) is 70.6 Å². The summed E-state index contributed by atoms with van der Waals surface area (Å²) in [6.45, 7) is -0.698. The van der Waals surface area contributed by atoms with Crippen LogP contribution in [0.1, 0.15) is 70.6 Å². The van der Waals surface area contributed by atoms with Crippen LogP contribution in [-0.4, -0.2) is 57.9 Å². The molecule has 29 heavy (non-hydrogen) atoms. The second-order valence-corrected chi connectivity index (χ2v) is 7.71. The molecule has 0 unspecified atom stereocenters. The number of aliphatic carboxylic acids is 1. The Kier molecular flexibility index (Phi) is 8.95. The van der Waals surface area contributed by atoms with Crippen molar-refractivity contribution in [3.63, 3.8) is 0 Å². The molecule has 0 atom stereocenters. The van der Waals surface area contributed by atoms with E-state index < -0.39 is 35.8 Å². The molecule has 162 valence electrons. The minimum Gasteiger partial charge on any atom is -0.494 e. The molecule has 0 radical (unpaired) electrons. The van der Waals surface area contributed by atoms with Gasteiger partial charge in [-0.25, -0.2) is 0 Å². The summed E-state index contributed by atoms with van der Waals surface area (Å²) in [7, 11) is 0. The number of carbonyl (C=O) groups is 4. The molecule has 2 rings (SSSR count). The van der Waals surface area contributed by atoms with Crippen LogP contribution in [0.5, 0.6) is 0 Å². The van der Waals surface area contributed by atoms with Crippen molar-refractivity contribution in [1.82, 2.24) is 15.5 Å². The van der Waals surface area contributed by atoms with E-state index in [1.165, 1.54) is 0 Å². The van der Waals surface area contributed by atoms with Gasteiger partial charge >= 0.3 is 5.97 Å². The third-order valence-corrected chi connectivity index (χ3v) is 5.70. The van der Waals surface area contributed by atoms with Crippen LogP contribution < -0.4 is 10.6 Å². The first kappa shape index (κ1) is 22.7. The predicted molar refractivity (Wildman–Crippen MR) is 105 cm³/mol. The van der Waals surface area contributed by atoms with E-state index in [1.54, 1.807) is 4.90 Å². The first-order valence-electron chi connectivity index (χ1n) is 10.4. The van der Waals surface area contributed by atoms with Gasteiger partial charge < -0.3 is 20.4 Å². The van der Waals surface area contributed by atoms with E-state index in [-0.39, 0.29) is 18.5 Å². The zero-order valence-corrected chi connectivity index (χ0v) is 16.7. The summed E-state index contributed by atoms with van der Waals surface area (Å²) < 4.78 is 0. The van der Waals surface area contributed by atoms with Crippen LogP contribution >= 0.6 is 0 Å². The maximum atomic E-state index is 12.5. The molecule has 2 aliphatic rings. The molecule has 0 spiro atoms. The lowest BCUT2D eigenvalue weighted by atomic mass is 9.91. The van der Waals surface area contributed by atoms with Gasteiger partial charge in [0.15, 0.2) is 5.57 Å². The van der Waals surface area contributed by atoms with Crippen LogP contribution in [-0.2, 0) is 19.2 Å². The Morgan fingerprint density at radius 1 is 0.828 bits per heavy atom. The van der Waals surface area contributed by atoms with Crippen molar-refractivity contribution in [1.29, 1.82) is 0 Å². The fourth-order valence-electron chi connectivity index (χ4n) is 4.34. The first-order chi connectivity index (χ1) is 14.0. The molecule has 0 bridgehead atoms. The van der Waals surface area contributed by atoms with Crippen molar-refractivity contribution in [2.75, 3.05) is 6.54 Å². The van der Waals surface area contributed by atoms with Gasteiger partial charge in [0.05, 0.1) is 0 Å². The average molecular weight is 409 g/mol. The Morgan fingerprint density at radius 2 is 1.31 bits per heavy atom. The summed E-state index contributed by atoms with van der Waals surface area (Å²) in [5.41, 5.74) is -0.617. The summed E-state index contributed by atoms with van der Waals surface area (Å²) in [5.74, 6) is -3.81. The molecule has 0 saturated heterocycles. The van der Waals surface area contributed by atoms with Gasteiger partial charge in [-0.1, -0.05) is 44.9 Å². The summed E-state index contributed by atoms with van der Waals surface area (Å²) in [6.07, 6.45) is 10.9. The number of amides is 3. The van der Waals surface area contributed by atoms with Crippen molar-refractivity contribution in [2.45, 2.75) is 82.7 Å². The minimum absolute atomic E-state index is 0.00171. The number of carbonyl (C=O) groups excluding carboxylic acids is 3. The van der Waals surface area contributed by atoms with Crippen LogP contribution in [0.15, 0.2) is 11.5 Å². The molecule has 0 aromatic carbocycles. The van der Waals surface area contributed by atoms with Crippen LogP contribution in [0, 0.1) is 0 Å². The van der Waals surface area contributed by atoms with Gasteiger partial charge in [-0.15, -0.1) is 0 Å². The number of rotatable bonds is 8. The Hall–Kier alpha value is -2.58. The Bertz CT molecular complexity index is 634. The number of aliphatic hydroxyl groups is 1. The molecule has 0 aromatic rings. The third-order valence-electron chi connectivity index (χ3n) is 5.70. The number of carboxylic acid groups (broad SMARTS) is 1. The maximum absolute atomic E-state index is 12.5. The van der Waals surface area contributed by atoms with E-state index >= 15 is 0 Å². The minimum atomic E-state index is -1.28. The summed E-state index contributed by atoms with van der Waals surface area (Å²) >= 11 is 0. The molecule has 9 heteroatoms. The monoisotopic (exact) mass is 409 g/mol. The topological polar surface area (TPSA) is 136 Å². The van der Waals surface area contributed by atoms with Gasteiger partial charge in [0.25, 0.3) is 11.8 Å². The molecule has 0 heterocycles. The van der Waals surface area contributed by atoms with E-state index in [9.17, 15) is 24.3 Å². The fraction of sp³-hybridized carbons (Fsp3) is 0.700. The lowest BCUT2D eigenvalue weighted by Gasteiger charge is -2.41. The van der Waals surface area contributed by atoms with Gasteiger partial charge in [-0.3, -0.25) is 24.5 Å².